The Labute approximate surface area is 127 Å². The molecule has 0 bridgehead atoms. The topological polar surface area (TPSA) is 84.1 Å². The van der Waals surface area contributed by atoms with Crippen molar-refractivity contribution >= 4 is 28.5 Å². The van der Waals surface area contributed by atoms with Crippen LogP contribution in [0, 0.1) is 5.92 Å². The first-order chi connectivity index (χ1) is 10.7. The second kappa shape index (κ2) is 6.01. The van der Waals surface area contributed by atoms with E-state index in [9.17, 15) is 9.59 Å². The zero-order valence-corrected chi connectivity index (χ0v) is 12.3. The number of aromatic nitrogens is 2. The lowest BCUT2D eigenvalue weighted by atomic mass is 10.0. The lowest BCUT2D eigenvalue weighted by Gasteiger charge is -2.09. The number of methoxy groups -OCH3 is 1. The van der Waals surface area contributed by atoms with E-state index >= 15 is 0 Å². The molecule has 2 N–H and O–H groups in total. The molecule has 1 aliphatic carbocycles. The molecule has 0 aliphatic heterocycles. The predicted molar refractivity (Wildman–Crippen MR) is 82.5 cm³/mol. The number of esters is 1. The molecule has 114 valence electrons. The van der Waals surface area contributed by atoms with Crippen molar-refractivity contribution in [2.24, 2.45) is 5.92 Å². The van der Waals surface area contributed by atoms with Crippen LogP contribution in [0.2, 0.25) is 0 Å². The molecule has 1 aromatic carbocycles. The largest absolute Gasteiger partial charge is 0.464 e. The van der Waals surface area contributed by atoms with Crippen LogP contribution in [0.3, 0.4) is 0 Å². The van der Waals surface area contributed by atoms with Crippen molar-refractivity contribution in [3.05, 3.63) is 36.0 Å². The molecule has 1 atom stereocenters. The lowest BCUT2D eigenvalue weighted by molar-refractivity contribution is -0.116. The van der Waals surface area contributed by atoms with Gasteiger partial charge in [-0.3, -0.25) is 9.89 Å². The number of fused-ring (bicyclic) bond motifs is 1. The Bertz CT molecular complexity index is 748. The summed E-state index contributed by atoms with van der Waals surface area (Å²) in [7, 11) is 1.31. The van der Waals surface area contributed by atoms with Crippen molar-refractivity contribution in [3.63, 3.8) is 0 Å². The lowest BCUT2D eigenvalue weighted by Crippen LogP contribution is -2.14. The number of hydrogen-bond acceptors (Lipinski definition) is 4. The first kappa shape index (κ1) is 14.3. The van der Waals surface area contributed by atoms with Crippen molar-refractivity contribution in [3.8, 4) is 0 Å². The van der Waals surface area contributed by atoms with Gasteiger partial charge in [-0.2, -0.15) is 5.10 Å². The monoisotopic (exact) mass is 299 g/mol. The van der Waals surface area contributed by atoms with Gasteiger partial charge in [-0.1, -0.05) is 12.2 Å². The molecule has 0 saturated heterocycles. The van der Waals surface area contributed by atoms with Gasteiger partial charge in [0.15, 0.2) is 5.69 Å². The van der Waals surface area contributed by atoms with Gasteiger partial charge in [0.2, 0.25) is 5.91 Å². The average Bonchev–Trinajstić information content (AvgIpc) is 3.15. The van der Waals surface area contributed by atoms with Crippen molar-refractivity contribution < 1.29 is 14.3 Å². The fourth-order valence-electron chi connectivity index (χ4n) is 2.66. The third-order valence-electron chi connectivity index (χ3n) is 3.79. The number of rotatable bonds is 4. The van der Waals surface area contributed by atoms with E-state index in [1.54, 1.807) is 18.2 Å². The number of ether oxygens (including phenoxy) is 1. The van der Waals surface area contributed by atoms with E-state index in [-0.39, 0.29) is 11.6 Å². The van der Waals surface area contributed by atoms with Crippen LogP contribution in [-0.4, -0.2) is 29.2 Å². The van der Waals surface area contributed by atoms with E-state index in [1.807, 2.05) is 0 Å². The Morgan fingerprint density at radius 1 is 1.45 bits per heavy atom. The number of nitrogens with one attached hydrogen (secondary N) is 2. The van der Waals surface area contributed by atoms with Crippen molar-refractivity contribution in [2.45, 2.75) is 19.3 Å². The number of nitrogens with zero attached hydrogens (tertiary/aromatic N) is 1. The molecule has 1 aliphatic rings. The van der Waals surface area contributed by atoms with Gasteiger partial charge in [-0.05, 0) is 37.0 Å². The number of allylic oxidation sites excluding steroid dienone is 2. The van der Waals surface area contributed by atoms with Crippen molar-refractivity contribution in [2.75, 3.05) is 12.4 Å². The maximum Gasteiger partial charge on any atom is 0.359 e. The minimum atomic E-state index is -0.509. The number of anilines is 1. The van der Waals surface area contributed by atoms with Crippen LogP contribution >= 0.6 is 0 Å². The second-order valence-corrected chi connectivity index (χ2v) is 5.34. The average molecular weight is 299 g/mol. The molecule has 1 aromatic heterocycles. The molecule has 1 amide bonds. The van der Waals surface area contributed by atoms with Crippen LogP contribution in [-0.2, 0) is 9.53 Å². The summed E-state index contributed by atoms with van der Waals surface area (Å²) in [6, 6.07) is 5.29. The number of aromatic amines is 1. The third-order valence-corrected chi connectivity index (χ3v) is 3.79. The molecule has 6 heteroatoms. The number of hydrogen-bond donors (Lipinski definition) is 2. The van der Waals surface area contributed by atoms with Gasteiger partial charge in [0, 0.05) is 17.5 Å². The Morgan fingerprint density at radius 3 is 3.05 bits per heavy atom. The van der Waals surface area contributed by atoms with E-state index in [0.717, 1.165) is 18.4 Å². The molecule has 1 heterocycles. The minimum absolute atomic E-state index is 0.0287. The van der Waals surface area contributed by atoms with Gasteiger partial charge in [-0.15, -0.1) is 0 Å². The summed E-state index contributed by atoms with van der Waals surface area (Å²) in [5, 5.41) is 10.2. The zero-order chi connectivity index (χ0) is 15.5. The highest BCUT2D eigenvalue weighted by Crippen LogP contribution is 2.23. The Morgan fingerprint density at radius 2 is 2.32 bits per heavy atom. The highest BCUT2D eigenvalue weighted by molar-refractivity contribution is 6.03. The van der Waals surface area contributed by atoms with Gasteiger partial charge >= 0.3 is 5.97 Å². The van der Waals surface area contributed by atoms with Gasteiger partial charge in [-0.25, -0.2) is 4.79 Å². The van der Waals surface area contributed by atoms with Crippen LogP contribution in [0.25, 0.3) is 10.9 Å². The normalized spacial score (nSPS) is 16.9. The van der Waals surface area contributed by atoms with E-state index in [4.69, 9.17) is 4.74 Å². The van der Waals surface area contributed by atoms with Gasteiger partial charge < -0.3 is 10.1 Å². The van der Waals surface area contributed by atoms with Crippen molar-refractivity contribution in [1.29, 1.82) is 0 Å². The standard InChI is InChI=1S/C16H17N3O3/c1-22-16(21)15-12-9-11(6-7-13(12)18-19-15)17-14(20)8-10-4-2-3-5-10/h2,4,6-7,9-10H,3,5,8H2,1H3,(H,17,20)(H,18,19)/t10-/m1/s1. The van der Waals surface area contributed by atoms with E-state index in [1.165, 1.54) is 7.11 Å². The molecule has 3 rings (SSSR count). The number of carbonyl (C=O) groups is 2. The molecule has 0 saturated carbocycles. The molecule has 0 spiro atoms. The molecular formula is C16H17N3O3. The molecule has 2 aromatic rings. The van der Waals surface area contributed by atoms with Gasteiger partial charge in [0.25, 0.3) is 0 Å². The Hall–Kier alpha value is -2.63. The van der Waals surface area contributed by atoms with Crippen LogP contribution in [0.4, 0.5) is 5.69 Å². The molecular weight excluding hydrogens is 282 g/mol. The first-order valence-electron chi connectivity index (χ1n) is 7.20. The number of amides is 1. The highest BCUT2D eigenvalue weighted by Gasteiger charge is 2.17. The van der Waals surface area contributed by atoms with Crippen LogP contribution in [0.15, 0.2) is 30.4 Å². The number of H-pyrrole nitrogens is 1. The number of carbonyl (C=O) groups excluding carboxylic acids is 2. The summed E-state index contributed by atoms with van der Waals surface area (Å²) in [6.07, 6.45) is 6.75. The molecule has 6 nitrogen and oxygen atoms in total. The summed E-state index contributed by atoms with van der Waals surface area (Å²) < 4.78 is 4.70. The highest BCUT2D eigenvalue weighted by atomic mass is 16.5. The third kappa shape index (κ3) is 2.86. The smallest absolute Gasteiger partial charge is 0.359 e. The second-order valence-electron chi connectivity index (χ2n) is 5.34. The minimum Gasteiger partial charge on any atom is -0.464 e. The van der Waals surface area contributed by atoms with E-state index in [2.05, 4.69) is 27.7 Å². The summed E-state index contributed by atoms with van der Waals surface area (Å²) in [6.45, 7) is 0. The Kier molecular flexibility index (Phi) is 3.91. The van der Waals surface area contributed by atoms with Gasteiger partial charge in [0.1, 0.15) is 0 Å². The van der Waals surface area contributed by atoms with Crippen LogP contribution in [0.1, 0.15) is 29.8 Å². The summed E-state index contributed by atoms with van der Waals surface area (Å²) in [4.78, 5) is 23.7. The fraction of sp³-hybridized carbons (Fsp3) is 0.312. The zero-order valence-electron chi connectivity index (χ0n) is 12.3. The maximum absolute atomic E-state index is 12.1. The Balaban J connectivity index is 1.77. The van der Waals surface area contributed by atoms with Crippen LogP contribution < -0.4 is 5.32 Å². The quantitative estimate of drug-likeness (QED) is 0.671. The summed E-state index contributed by atoms with van der Waals surface area (Å²) >= 11 is 0. The summed E-state index contributed by atoms with van der Waals surface area (Å²) in [5.41, 5.74) is 1.58. The predicted octanol–water partition coefficient (Wildman–Crippen LogP) is 2.64. The maximum atomic E-state index is 12.1. The fourth-order valence-corrected chi connectivity index (χ4v) is 2.66. The first-order valence-corrected chi connectivity index (χ1v) is 7.20. The van der Waals surface area contributed by atoms with Crippen molar-refractivity contribution in [1.82, 2.24) is 10.2 Å². The number of benzene rings is 1. The molecule has 0 unspecified atom stereocenters. The van der Waals surface area contributed by atoms with E-state index < -0.39 is 5.97 Å². The molecule has 22 heavy (non-hydrogen) atoms. The van der Waals surface area contributed by atoms with Crippen LogP contribution in [0.5, 0.6) is 0 Å². The van der Waals surface area contributed by atoms with E-state index in [0.29, 0.717) is 23.4 Å². The molecule has 0 radical (unpaired) electrons. The SMILES string of the molecule is COC(=O)c1n[nH]c2ccc(NC(=O)C[C@@H]3C=CCC3)cc12. The molecule has 0 fully saturated rings. The summed E-state index contributed by atoms with van der Waals surface area (Å²) in [5.74, 6) is -0.215. The van der Waals surface area contributed by atoms with Gasteiger partial charge in [0.05, 0.1) is 12.6 Å².